The standard InChI is InChI=1S/C17H10Cl2S2/c18-13-8-6-12(7-9-13)17-16(19)14(20)10-15(21-17)11-4-2-1-3-5-11/h1-10H. The lowest BCUT2D eigenvalue weighted by molar-refractivity contribution is 1.65. The summed E-state index contributed by atoms with van der Waals surface area (Å²) in [5.41, 5.74) is 2.17. The first-order valence-corrected chi connectivity index (χ1v) is 8.28. The van der Waals surface area contributed by atoms with Crippen molar-refractivity contribution in [1.82, 2.24) is 0 Å². The van der Waals surface area contributed by atoms with E-state index in [1.165, 1.54) is 0 Å². The van der Waals surface area contributed by atoms with Crippen molar-refractivity contribution < 1.29 is 0 Å². The molecule has 0 bridgehead atoms. The van der Waals surface area contributed by atoms with E-state index in [2.05, 4.69) is 12.1 Å². The van der Waals surface area contributed by atoms with Gasteiger partial charge in [-0.1, -0.05) is 77.9 Å². The normalized spacial score (nSPS) is 10.6. The second kappa shape index (κ2) is 6.29. The Morgan fingerprint density at radius 1 is 0.810 bits per heavy atom. The summed E-state index contributed by atoms with van der Waals surface area (Å²) < 4.78 is 0.666. The van der Waals surface area contributed by atoms with Gasteiger partial charge in [-0.3, -0.25) is 0 Å². The quantitative estimate of drug-likeness (QED) is 0.444. The molecule has 0 N–H and O–H groups in total. The molecule has 0 fully saturated rings. The summed E-state index contributed by atoms with van der Waals surface area (Å²) in [4.78, 5) is 2.08. The molecule has 21 heavy (non-hydrogen) atoms. The molecule has 0 nitrogen and oxygen atoms in total. The predicted molar refractivity (Wildman–Crippen MR) is 96.0 cm³/mol. The van der Waals surface area contributed by atoms with Crippen LogP contribution in [0.15, 0.2) is 60.7 Å². The average molecular weight is 349 g/mol. The van der Waals surface area contributed by atoms with Gasteiger partial charge < -0.3 is 0 Å². The van der Waals surface area contributed by atoms with Gasteiger partial charge in [0.1, 0.15) is 0 Å². The van der Waals surface area contributed by atoms with Crippen LogP contribution in [0.3, 0.4) is 0 Å². The highest BCUT2D eigenvalue weighted by Crippen LogP contribution is 2.38. The van der Waals surface area contributed by atoms with Crippen LogP contribution in [-0.4, -0.2) is 0 Å². The number of benzene rings is 2. The first kappa shape index (κ1) is 14.7. The molecule has 1 aromatic heterocycles. The van der Waals surface area contributed by atoms with Crippen molar-refractivity contribution in [1.29, 1.82) is 0 Å². The molecule has 0 spiro atoms. The molecule has 3 rings (SSSR count). The van der Waals surface area contributed by atoms with E-state index in [1.54, 1.807) is 11.3 Å². The number of hydrogen-bond acceptors (Lipinski definition) is 2. The summed E-state index contributed by atoms with van der Waals surface area (Å²) in [6, 6.07) is 19.8. The van der Waals surface area contributed by atoms with Gasteiger partial charge in [0.2, 0.25) is 0 Å². The Balaban J connectivity index is 2.19. The number of hydrogen-bond donors (Lipinski definition) is 0. The summed E-state index contributed by atoms with van der Waals surface area (Å²) in [5.74, 6) is 0. The van der Waals surface area contributed by atoms with Crippen molar-refractivity contribution in [3.63, 3.8) is 0 Å². The summed E-state index contributed by atoms with van der Waals surface area (Å²) in [6.07, 6.45) is 0. The highest BCUT2D eigenvalue weighted by Gasteiger charge is 2.10. The smallest absolute Gasteiger partial charge is 0.0765 e. The largest absolute Gasteiger partial charge is 0.134 e. The third-order valence-corrected chi connectivity index (χ3v) is 5.46. The lowest BCUT2D eigenvalue weighted by atomic mass is 10.1. The van der Waals surface area contributed by atoms with E-state index in [4.69, 9.17) is 35.4 Å². The van der Waals surface area contributed by atoms with Crippen molar-refractivity contribution >= 4 is 46.8 Å². The van der Waals surface area contributed by atoms with E-state index in [1.807, 2.05) is 48.5 Å². The molecule has 0 amide bonds. The van der Waals surface area contributed by atoms with Crippen LogP contribution in [0.2, 0.25) is 10.0 Å². The van der Waals surface area contributed by atoms with Crippen LogP contribution in [0.1, 0.15) is 0 Å². The zero-order valence-electron chi connectivity index (χ0n) is 10.8. The van der Waals surface area contributed by atoms with Gasteiger partial charge in [0.05, 0.1) is 14.4 Å². The van der Waals surface area contributed by atoms with Crippen LogP contribution in [0.5, 0.6) is 0 Å². The minimum atomic E-state index is 0.622. The molecule has 0 aliphatic carbocycles. The highest BCUT2D eigenvalue weighted by atomic mass is 35.5. The molecule has 0 saturated carbocycles. The predicted octanol–water partition coefficient (Wildman–Crippen LogP) is 7.12. The van der Waals surface area contributed by atoms with Gasteiger partial charge in [-0.15, -0.1) is 11.3 Å². The Bertz CT molecular complexity index is 822. The zero-order chi connectivity index (χ0) is 14.8. The first-order valence-electron chi connectivity index (χ1n) is 6.30. The second-order valence-corrected chi connectivity index (χ2v) is 6.80. The topological polar surface area (TPSA) is 0 Å². The van der Waals surface area contributed by atoms with Crippen molar-refractivity contribution in [3.8, 4) is 20.9 Å². The zero-order valence-corrected chi connectivity index (χ0v) is 14.0. The minimum absolute atomic E-state index is 0.622. The van der Waals surface area contributed by atoms with Crippen LogP contribution >= 0.6 is 46.8 Å². The van der Waals surface area contributed by atoms with Gasteiger partial charge in [-0.25, -0.2) is 0 Å². The molecule has 4 heteroatoms. The molecule has 1 heterocycles. The molecule has 104 valence electrons. The van der Waals surface area contributed by atoms with Crippen LogP contribution in [0.4, 0.5) is 0 Å². The van der Waals surface area contributed by atoms with Crippen molar-refractivity contribution in [2.75, 3.05) is 0 Å². The Morgan fingerprint density at radius 2 is 1.48 bits per heavy atom. The van der Waals surface area contributed by atoms with E-state index in [0.29, 0.717) is 14.6 Å². The summed E-state index contributed by atoms with van der Waals surface area (Å²) in [6.45, 7) is 0. The fraction of sp³-hybridized carbons (Fsp3) is 0. The van der Waals surface area contributed by atoms with Crippen LogP contribution in [0.25, 0.3) is 20.9 Å². The van der Waals surface area contributed by atoms with Gasteiger partial charge in [-0.2, -0.15) is 0 Å². The van der Waals surface area contributed by atoms with E-state index in [-0.39, 0.29) is 0 Å². The molecule has 2 aromatic carbocycles. The van der Waals surface area contributed by atoms with Gasteiger partial charge >= 0.3 is 0 Å². The molecular weight excluding hydrogens is 339 g/mol. The first-order chi connectivity index (χ1) is 10.1. The average Bonchev–Trinajstić information content (AvgIpc) is 2.52. The van der Waals surface area contributed by atoms with Gasteiger partial charge in [0.15, 0.2) is 0 Å². The maximum absolute atomic E-state index is 6.40. The highest BCUT2D eigenvalue weighted by molar-refractivity contribution is 7.71. The Morgan fingerprint density at radius 3 is 2.14 bits per heavy atom. The molecule has 0 aliphatic heterocycles. The Hall–Kier alpha value is -1.19. The second-order valence-electron chi connectivity index (χ2n) is 4.49. The fourth-order valence-corrected chi connectivity index (χ4v) is 3.88. The number of halogens is 2. The molecule has 0 atom stereocenters. The van der Waals surface area contributed by atoms with E-state index >= 15 is 0 Å². The maximum atomic E-state index is 6.40. The Labute approximate surface area is 142 Å². The SMILES string of the molecule is S=c1cc(-c2ccccc2)sc(-c2ccc(Cl)cc2)c1Cl. The van der Waals surface area contributed by atoms with Crippen molar-refractivity contribution in [2.24, 2.45) is 0 Å². The Kier molecular flexibility index (Phi) is 4.41. The molecule has 0 aliphatic rings. The van der Waals surface area contributed by atoms with E-state index in [9.17, 15) is 0 Å². The summed E-state index contributed by atoms with van der Waals surface area (Å²) in [5, 5.41) is 1.33. The molecule has 0 radical (unpaired) electrons. The minimum Gasteiger partial charge on any atom is -0.134 e. The lowest BCUT2D eigenvalue weighted by Crippen LogP contribution is -1.81. The van der Waals surface area contributed by atoms with Crippen LogP contribution in [0, 0.1) is 4.51 Å². The molecule has 3 aromatic rings. The van der Waals surface area contributed by atoms with Crippen molar-refractivity contribution in [3.05, 3.63) is 75.2 Å². The molecule has 0 unspecified atom stereocenters. The van der Waals surface area contributed by atoms with E-state index < -0.39 is 0 Å². The summed E-state index contributed by atoms with van der Waals surface area (Å²) >= 11 is 19.4. The van der Waals surface area contributed by atoms with Crippen molar-refractivity contribution in [2.45, 2.75) is 0 Å². The fourth-order valence-electron chi connectivity index (χ4n) is 2.01. The van der Waals surface area contributed by atoms with Gasteiger partial charge in [-0.05, 0) is 29.3 Å². The molecule has 0 saturated heterocycles. The third-order valence-electron chi connectivity index (χ3n) is 3.05. The van der Waals surface area contributed by atoms with Gasteiger partial charge in [0.25, 0.3) is 0 Å². The monoisotopic (exact) mass is 348 g/mol. The lowest BCUT2D eigenvalue weighted by Gasteiger charge is -2.08. The van der Waals surface area contributed by atoms with Crippen LogP contribution < -0.4 is 0 Å². The van der Waals surface area contributed by atoms with Crippen LogP contribution in [-0.2, 0) is 0 Å². The van der Waals surface area contributed by atoms with E-state index in [0.717, 1.165) is 20.9 Å². The number of rotatable bonds is 2. The molecular formula is C17H10Cl2S2. The summed E-state index contributed by atoms with van der Waals surface area (Å²) in [7, 11) is 0. The maximum Gasteiger partial charge on any atom is 0.0765 e. The third kappa shape index (κ3) is 3.19. The van der Waals surface area contributed by atoms with Gasteiger partial charge in [0, 0.05) is 9.90 Å².